The molecule has 0 atom stereocenters. The summed E-state index contributed by atoms with van der Waals surface area (Å²) in [5.74, 6) is -0.237. The van der Waals surface area contributed by atoms with Crippen LogP contribution in [0.25, 0.3) is 0 Å². The number of nitrogens with zero attached hydrogens (tertiary/aromatic N) is 3. The van der Waals surface area contributed by atoms with E-state index in [1.165, 1.54) is 16.4 Å². The van der Waals surface area contributed by atoms with Crippen LogP contribution in [0.4, 0.5) is 10.5 Å². The Kier molecular flexibility index (Phi) is 6.92. The zero-order chi connectivity index (χ0) is 23.6. The van der Waals surface area contributed by atoms with E-state index in [1.807, 2.05) is 13.0 Å². The number of carbonyl (C=O) groups is 2. The number of urea groups is 1. The second-order valence-corrected chi connectivity index (χ2v) is 10.7. The molecule has 1 N–H and O–H groups in total. The molecule has 0 saturated carbocycles. The molecule has 2 fully saturated rings. The summed E-state index contributed by atoms with van der Waals surface area (Å²) in [5, 5.41) is 3.41. The van der Waals surface area contributed by atoms with Crippen LogP contribution in [-0.4, -0.2) is 73.7 Å². The van der Waals surface area contributed by atoms with Gasteiger partial charge >= 0.3 is 6.03 Å². The predicted octanol–water partition coefficient (Wildman–Crippen LogP) is 3.42. The molecule has 176 valence electrons. The summed E-state index contributed by atoms with van der Waals surface area (Å²) in [4.78, 5) is 29.0. The van der Waals surface area contributed by atoms with Gasteiger partial charge in [-0.05, 0) is 55.7 Å². The first-order valence-corrected chi connectivity index (χ1v) is 12.8. The van der Waals surface area contributed by atoms with Gasteiger partial charge in [-0.3, -0.25) is 4.79 Å². The van der Waals surface area contributed by atoms with E-state index in [-0.39, 0.29) is 16.8 Å². The fourth-order valence-corrected chi connectivity index (χ4v) is 5.78. The summed E-state index contributed by atoms with van der Waals surface area (Å²) < 4.78 is 27.1. The molecule has 10 heteroatoms. The lowest BCUT2D eigenvalue weighted by molar-refractivity contribution is 0.0671. The van der Waals surface area contributed by atoms with Gasteiger partial charge < -0.3 is 15.1 Å². The summed E-state index contributed by atoms with van der Waals surface area (Å²) in [7, 11) is -3.59. The normalized spacial score (nSPS) is 17.3. The minimum Gasteiger partial charge on any atom is -0.335 e. The third-order valence-corrected chi connectivity index (χ3v) is 8.36. The highest BCUT2D eigenvalue weighted by molar-refractivity contribution is 7.89. The van der Waals surface area contributed by atoms with Gasteiger partial charge in [0.05, 0.1) is 4.90 Å². The number of amides is 3. The van der Waals surface area contributed by atoms with Gasteiger partial charge in [0.15, 0.2) is 0 Å². The maximum absolute atomic E-state index is 13.0. The van der Waals surface area contributed by atoms with Crippen LogP contribution < -0.4 is 5.32 Å². The summed E-state index contributed by atoms with van der Waals surface area (Å²) in [6, 6.07) is 11.3. The standard InChI is InChI=1S/C23H27ClN4O4S/c1-17-7-8-19(16-21(17)24)25-23(30)27-13-11-26(12-14-27)22(29)18-5-4-6-20(15-18)33(31,32)28-9-2-3-10-28/h4-8,15-16H,2-3,9-14H2,1H3,(H,25,30). The van der Waals surface area contributed by atoms with Gasteiger partial charge in [0.2, 0.25) is 10.0 Å². The molecule has 4 rings (SSSR count). The molecule has 2 aliphatic rings. The largest absolute Gasteiger partial charge is 0.335 e. The van der Waals surface area contributed by atoms with Crippen LogP contribution >= 0.6 is 11.6 Å². The second kappa shape index (κ2) is 9.70. The number of benzene rings is 2. The van der Waals surface area contributed by atoms with E-state index >= 15 is 0 Å². The molecular weight excluding hydrogens is 464 g/mol. The van der Waals surface area contributed by atoms with Gasteiger partial charge in [0, 0.05) is 55.5 Å². The number of nitrogens with one attached hydrogen (secondary N) is 1. The third-order valence-electron chi connectivity index (χ3n) is 6.06. The van der Waals surface area contributed by atoms with E-state index < -0.39 is 10.0 Å². The highest BCUT2D eigenvalue weighted by atomic mass is 35.5. The predicted molar refractivity (Wildman–Crippen MR) is 127 cm³/mol. The van der Waals surface area contributed by atoms with Crippen LogP contribution in [-0.2, 0) is 10.0 Å². The highest BCUT2D eigenvalue weighted by Gasteiger charge is 2.29. The van der Waals surface area contributed by atoms with E-state index in [9.17, 15) is 18.0 Å². The van der Waals surface area contributed by atoms with Gasteiger partial charge in [-0.25, -0.2) is 13.2 Å². The van der Waals surface area contributed by atoms with Crippen LogP contribution in [0.5, 0.6) is 0 Å². The lowest BCUT2D eigenvalue weighted by atomic mass is 10.2. The lowest BCUT2D eigenvalue weighted by Crippen LogP contribution is -2.51. The molecular formula is C23H27ClN4O4S. The van der Waals surface area contributed by atoms with Crippen molar-refractivity contribution >= 4 is 39.2 Å². The smallest absolute Gasteiger partial charge is 0.321 e. The van der Waals surface area contributed by atoms with Crippen molar-refractivity contribution < 1.29 is 18.0 Å². The minimum absolute atomic E-state index is 0.144. The number of aryl methyl sites for hydroxylation is 1. The lowest BCUT2D eigenvalue weighted by Gasteiger charge is -2.34. The molecule has 0 aromatic heterocycles. The summed E-state index contributed by atoms with van der Waals surface area (Å²) in [5.41, 5.74) is 1.88. The molecule has 33 heavy (non-hydrogen) atoms. The third kappa shape index (κ3) is 5.15. The fourth-order valence-electron chi connectivity index (χ4n) is 4.04. The molecule has 0 aliphatic carbocycles. The van der Waals surface area contributed by atoms with Gasteiger partial charge in [-0.1, -0.05) is 23.7 Å². The topological polar surface area (TPSA) is 90.0 Å². The van der Waals surface area contributed by atoms with Gasteiger partial charge in [-0.2, -0.15) is 4.31 Å². The Labute approximate surface area is 199 Å². The molecule has 0 radical (unpaired) electrons. The molecule has 3 amide bonds. The minimum atomic E-state index is -3.59. The van der Waals surface area contributed by atoms with Gasteiger partial charge in [-0.15, -0.1) is 0 Å². The van der Waals surface area contributed by atoms with Crippen molar-refractivity contribution in [3.8, 4) is 0 Å². The molecule has 0 spiro atoms. The molecule has 0 bridgehead atoms. The van der Waals surface area contributed by atoms with E-state index in [4.69, 9.17) is 11.6 Å². The maximum Gasteiger partial charge on any atom is 0.321 e. The van der Waals surface area contributed by atoms with E-state index in [0.29, 0.717) is 55.5 Å². The molecule has 2 aliphatic heterocycles. The first kappa shape index (κ1) is 23.5. The van der Waals surface area contributed by atoms with E-state index in [1.54, 1.807) is 34.1 Å². The highest BCUT2D eigenvalue weighted by Crippen LogP contribution is 2.23. The number of hydrogen-bond acceptors (Lipinski definition) is 4. The van der Waals surface area contributed by atoms with E-state index in [2.05, 4.69) is 5.32 Å². The van der Waals surface area contributed by atoms with Crippen molar-refractivity contribution in [3.05, 3.63) is 58.6 Å². The fraction of sp³-hybridized carbons (Fsp3) is 0.391. The maximum atomic E-state index is 13.0. The SMILES string of the molecule is Cc1ccc(NC(=O)N2CCN(C(=O)c3cccc(S(=O)(=O)N4CCCC4)c3)CC2)cc1Cl. The Morgan fingerprint density at radius 3 is 2.24 bits per heavy atom. The number of carbonyl (C=O) groups excluding carboxylic acids is 2. The molecule has 2 heterocycles. The number of hydrogen-bond donors (Lipinski definition) is 1. The van der Waals surface area contributed by atoms with Crippen molar-refractivity contribution in [2.75, 3.05) is 44.6 Å². The summed E-state index contributed by atoms with van der Waals surface area (Å²) >= 11 is 6.12. The average Bonchev–Trinajstić information content (AvgIpc) is 3.37. The van der Waals surface area contributed by atoms with Crippen molar-refractivity contribution in [3.63, 3.8) is 0 Å². The molecule has 0 unspecified atom stereocenters. The Hall–Kier alpha value is -2.62. The van der Waals surface area contributed by atoms with Gasteiger partial charge in [0.1, 0.15) is 0 Å². The number of piperazine rings is 1. The Morgan fingerprint density at radius 1 is 0.909 bits per heavy atom. The van der Waals surface area contributed by atoms with Crippen LogP contribution in [0.2, 0.25) is 5.02 Å². The molecule has 2 aromatic carbocycles. The van der Waals surface area contributed by atoms with Crippen molar-refractivity contribution in [2.24, 2.45) is 0 Å². The Bertz CT molecular complexity index is 1160. The van der Waals surface area contributed by atoms with E-state index in [0.717, 1.165) is 18.4 Å². The number of sulfonamides is 1. The molecule has 2 saturated heterocycles. The molecule has 8 nitrogen and oxygen atoms in total. The Morgan fingerprint density at radius 2 is 1.58 bits per heavy atom. The zero-order valence-corrected chi connectivity index (χ0v) is 20.0. The number of halogens is 1. The zero-order valence-electron chi connectivity index (χ0n) is 18.5. The van der Waals surface area contributed by atoms with Crippen molar-refractivity contribution in [1.29, 1.82) is 0 Å². The quantitative estimate of drug-likeness (QED) is 0.711. The molecule has 2 aromatic rings. The van der Waals surface area contributed by atoms with Crippen LogP contribution in [0.15, 0.2) is 47.4 Å². The average molecular weight is 491 g/mol. The van der Waals surface area contributed by atoms with Gasteiger partial charge in [0.25, 0.3) is 5.91 Å². The number of rotatable bonds is 4. The first-order valence-electron chi connectivity index (χ1n) is 11.0. The summed E-state index contributed by atoms with van der Waals surface area (Å²) in [6.07, 6.45) is 1.71. The van der Waals surface area contributed by atoms with Crippen molar-refractivity contribution in [1.82, 2.24) is 14.1 Å². The van der Waals surface area contributed by atoms with Crippen molar-refractivity contribution in [2.45, 2.75) is 24.7 Å². The Balaban J connectivity index is 1.37. The number of anilines is 1. The monoisotopic (exact) mass is 490 g/mol. The van der Waals surface area contributed by atoms with Crippen LogP contribution in [0.3, 0.4) is 0 Å². The first-order chi connectivity index (χ1) is 15.8. The van der Waals surface area contributed by atoms with Crippen LogP contribution in [0.1, 0.15) is 28.8 Å². The van der Waals surface area contributed by atoms with Crippen LogP contribution in [0, 0.1) is 6.92 Å². The summed E-state index contributed by atoms with van der Waals surface area (Å²) in [6.45, 7) is 4.40. The second-order valence-electron chi connectivity index (χ2n) is 8.31.